The lowest BCUT2D eigenvalue weighted by molar-refractivity contribution is -0.384. The summed E-state index contributed by atoms with van der Waals surface area (Å²) in [7, 11) is 0. The van der Waals surface area contributed by atoms with Gasteiger partial charge in [0.25, 0.3) is 11.6 Å². The minimum Gasteiger partial charge on any atom is -0.321 e. The van der Waals surface area contributed by atoms with Gasteiger partial charge in [-0.15, -0.1) is 0 Å². The van der Waals surface area contributed by atoms with Crippen molar-refractivity contribution in [1.29, 1.82) is 0 Å². The molecule has 5 nitrogen and oxygen atoms in total. The van der Waals surface area contributed by atoms with E-state index >= 15 is 0 Å². The van der Waals surface area contributed by atoms with Gasteiger partial charge in [-0.2, -0.15) is 0 Å². The van der Waals surface area contributed by atoms with Gasteiger partial charge in [-0.05, 0) is 40.2 Å². The van der Waals surface area contributed by atoms with Crippen LogP contribution in [0, 0.1) is 10.1 Å². The van der Waals surface area contributed by atoms with E-state index in [1.165, 1.54) is 18.2 Å². The number of carbonyl (C=O) groups excluding carboxylic acids is 1. The molecule has 21 heavy (non-hydrogen) atoms. The van der Waals surface area contributed by atoms with Crippen LogP contribution in [0.5, 0.6) is 0 Å². The Labute approximate surface area is 141 Å². The van der Waals surface area contributed by atoms with Gasteiger partial charge in [0.1, 0.15) is 0 Å². The highest BCUT2D eigenvalue weighted by Crippen LogP contribution is 2.28. The molecule has 2 aromatic rings. The molecule has 108 valence electrons. The Hall–Kier alpha value is -1.44. The number of rotatable bonds is 3. The van der Waals surface area contributed by atoms with Crippen molar-refractivity contribution in [3.8, 4) is 0 Å². The van der Waals surface area contributed by atoms with Crippen molar-refractivity contribution in [3.63, 3.8) is 0 Å². The summed E-state index contributed by atoms with van der Waals surface area (Å²) in [4.78, 5) is 22.4. The Balaban J connectivity index is 2.32. The Morgan fingerprint density at radius 2 is 1.90 bits per heavy atom. The number of nitro benzene ring substituents is 1. The zero-order valence-electron chi connectivity index (χ0n) is 10.3. The van der Waals surface area contributed by atoms with E-state index in [2.05, 4.69) is 37.2 Å². The fourth-order valence-corrected chi connectivity index (χ4v) is 2.73. The van der Waals surface area contributed by atoms with Gasteiger partial charge in [-0.25, -0.2) is 0 Å². The molecule has 0 fully saturated rings. The first-order chi connectivity index (χ1) is 9.88. The number of nitrogens with zero attached hydrogens (tertiary/aromatic N) is 1. The van der Waals surface area contributed by atoms with E-state index < -0.39 is 10.8 Å². The third-order valence-corrected chi connectivity index (χ3v) is 4.08. The standard InChI is InChI=1S/C13H7Br2ClN2O3/c14-7-1-4-12(11(16)5-7)17-13(19)9-6-8(18(20)21)2-3-10(9)15/h1-6H,(H,17,19). The molecule has 1 N–H and O–H groups in total. The van der Waals surface area contributed by atoms with Crippen LogP contribution in [0.4, 0.5) is 11.4 Å². The molecule has 8 heteroatoms. The Morgan fingerprint density at radius 1 is 1.19 bits per heavy atom. The first-order valence-corrected chi connectivity index (χ1v) is 7.55. The third-order valence-electron chi connectivity index (χ3n) is 2.58. The van der Waals surface area contributed by atoms with Crippen molar-refractivity contribution in [3.05, 3.63) is 66.0 Å². The SMILES string of the molecule is O=C(Nc1ccc(Br)cc1Cl)c1cc([N+](=O)[O-])ccc1Br. The molecule has 0 saturated heterocycles. The molecule has 2 rings (SSSR count). The zero-order chi connectivity index (χ0) is 15.6. The molecule has 0 saturated carbocycles. The number of nitrogens with one attached hydrogen (secondary N) is 1. The van der Waals surface area contributed by atoms with Crippen molar-refractivity contribution >= 4 is 60.7 Å². The van der Waals surface area contributed by atoms with Gasteiger partial charge in [0.2, 0.25) is 0 Å². The van der Waals surface area contributed by atoms with E-state index in [9.17, 15) is 14.9 Å². The van der Waals surface area contributed by atoms with E-state index in [0.717, 1.165) is 4.47 Å². The van der Waals surface area contributed by atoms with Crippen LogP contribution in [0.3, 0.4) is 0 Å². The number of nitro groups is 1. The highest BCUT2D eigenvalue weighted by Gasteiger charge is 2.16. The molecule has 0 aliphatic rings. The minimum absolute atomic E-state index is 0.156. The summed E-state index contributed by atoms with van der Waals surface area (Å²) in [5.41, 5.74) is 0.414. The zero-order valence-corrected chi connectivity index (χ0v) is 14.2. The number of halogens is 3. The molecule has 0 spiro atoms. The average Bonchev–Trinajstić information content (AvgIpc) is 2.42. The van der Waals surface area contributed by atoms with Crippen LogP contribution in [0.1, 0.15) is 10.4 Å². The van der Waals surface area contributed by atoms with E-state index in [-0.39, 0.29) is 11.3 Å². The highest BCUT2D eigenvalue weighted by molar-refractivity contribution is 9.10. The lowest BCUT2D eigenvalue weighted by atomic mass is 10.2. The molecule has 0 radical (unpaired) electrons. The van der Waals surface area contributed by atoms with E-state index in [1.54, 1.807) is 18.2 Å². The summed E-state index contributed by atoms with van der Waals surface area (Å²) in [6.45, 7) is 0. The lowest BCUT2D eigenvalue weighted by Gasteiger charge is -2.08. The molecule has 0 aliphatic heterocycles. The van der Waals surface area contributed by atoms with Gasteiger partial charge in [-0.3, -0.25) is 14.9 Å². The molecule has 0 atom stereocenters. The number of benzene rings is 2. The second-order valence-corrected chi connectivity index (χ2v) is 6.18. The maximum absolute atomic E-state index is 12.2. The molecule has 0 unspecified atom stereocenters. The van der Waals surface area contributed by atoms with Gasteiger partial charge >= 0.3 is 0 Å². The summed E-state index contributed by atoms with van der Waals surface area (Å²) in [5, 5.41) is 13.7. The number of carbonyl (C=O) groups is 1. The topological polar surface area (TPSA) is 72.2 Å². The Bertz CT molecular complexity index is 737. The first-order valence-electron chi connectivity index (χ1n) is 5.59. The quantitative estimate of drug-likeness (QED) is 0.544. The average molecular weight is 434 g/mol. The molecule has 0 aromatic heterocycles. The molecule has 1 amide bonds. The summed E-state index contributed by atoms with van der Waals surface area (Å²) in [6.07, 6.45) is 0. The fraction of sp³-hybridized carbons (Fsp3) is 0. The molecule has 2 aromatic carbocycles. The van der Waals surface area contributed by atoms with Crippen LogP contribution < -0.4 is 5.32 Å². The van der Waals surface area contributed by atoms with Crippen LogP contribution in [-0.4, -0.2) is 10.8 Å². The van der Waals surface area contributed by atoms with Crippen molar-refractivity contribution in [1.82, 2.24) is 0 Å². The summed E-state index contributed by atoms with van der Waals surface area (Å²) in [6, 6.07) is 8.97. The van der Waals surface area contributed by atoms with Crippen LogP contribution in [-0.2, 0) is 0 Å². The van der Waals surface area contributed by atoms with Gasteiger partial charge < -0.3 is 5.32 Å². The van der Waals surface area contributed by atoms with E-state index in [0.29, 0.717) is 15.2 Å². The van der Waals surface area contributed by atoms with Crippen molar-refractivity contribution in [2.45, 2.75) is 0 Å². The molecular formula is C13H7Br2ClN2O3. The number of non-ortho nitro benzene ring substituents is 1. The maximum Gasteiger partial charge on any atom is 0.270 e. The van der Waals surface area contributed by atoms with Crippen molar-refractivity contribution in [2.75, 3.05) is 5.32 Å². The van der Waals surface area contributed by atoms with Crippen LogP contribution in [0.25, 0.3) is 0 Å². The second kappa shape index (κ2) is 6.55. The normalized spacial score (nSPS) is 10.2. The fourth-order valence-electron chi connectivity index (χ4n) is 1.58. The predicted octanol–water partition coefficient (Wildman–Crippen LogP) is 5.03. The molecular weight excluding hydrogens is 427 g/mol. The number of anilines is 1. The molecule has 0 bridgehead atoms. The predicted molar refractivity (Wildman–Crippen MR) is 87.9 cm³/mol. The van der Waals surface area contributed by atoms with Crippen LogP contribution in [0.2, 0.25) is 5.02 Å². The number of hydrogen-bond donors (Lipinski definition) is 1. The van der Waals surface area contributed by atoms with Crippen molar-refractivity contribution in [2.24, 2.45) is 0 Å². The Morgan fingerprint density at radius 3 is 2.52 bits per heavy atom. The van der Waals surface area contributed by atoms with Gasteiger partial charge in [0.05, 0.1) is 21.2 Å². The Kier molecular flexibility index (Phi) is 4.97. The smallest absolute Gasteiger partial charge is 0.270 e. The van der Waals surface area contributed by atoms with Crippen LogP contribution >= 0.6 is 43.5 Å². The van der Waals surface area contributed by atoms with Gasteiger partial charge in [-0.1, -0.05) is 27.5 Å². The van der Waals surface area contributed by atoms with E-state index in [4.69, 9.17) is 11.6 Å². The first kappa shape index (κ1) is 15.9. The maximum atomic E-state index is 12.2. The lowest BCUT2D eigenvalue weighted by Crippen LogP contribution is -2.13. The molecule has 0 aliphatic carbocycles. The summed E-state index contributed by atoms with van der Waals surface area (Å²) in [5.74, 6) is -0.491. The second-order valence-electron chi connectivity index (χ2n) is 4.00. The number of hydrogen-bond acceptors (Lipinski definition) is 3. The minimum atomic E-state index is -0.560. The van der Waals surface area contributed by atoms with Crippen molar-refractivity contribution < 1.29 is 9.72 Å². The summed E-state index contributed by atoms with van der Waals surface area (Å²) < 4.78 is 1.24. The van der Waals surface area contributed by atoms with E-state index in [1.807, 2.05) is 0 Å². The monoisotopic (exact) mass is 432 g/mol. The van der Waals surface area contributed by atoms with Gasteiger partial charge in [0.15, 0.2) is 0 Å². The molecule has 0 heterocycles. The largest absolute Gasteiger partial charge is 0.321 e. The summed E-state index contributed by atoms with van der Waals surface area (Å²) >= 11 is 12.5. The number of amides is 1. The van der Waals surface area contributed by atoms with Crippen LogP contribution in [0.15, 0.2) is 45.3 Å². The van der Waals surface area contributed by atoms with Gasteiger partial charge in [0, 0.05) is 21.1 Å². The third kappa shape index (κ3) is 3.81. The highest BCUT2D eigenvalue weighted by atomic mass is 79.9.